The van der Waals surface area contributed by atoms with Crippen LogP contribution in [0.25, 0.3) is 0 Å². The minimum absolute atomic E-state index is 0.160. The topological polar surface area (TPSA) is 115 Å². The number of anilines is 1. The Labute approximate surface area is 117 Å². The first-order valence-corrected chi connectivity index (χ1v) is 6.32. The second-order valence-electron chi connectivity index (χ2n) is 4.71. The van der Waals surface area contributed by atoms with Crippen molar-refractivity contribution in [3.8, 4) is 5.75 Å². The number of aromatic amines is 1. The summed E-state index contributed by atoms with van der Waals surface area (Å²) < 4.78 is 5.41. The zero-order valence-electron chi connectivity index (χ0n) is 11.9. The number of methoxy groups -OCH3 is 1. The molecule has 0 aliphatic heterocycles. The highest BCUT2D eigenvalue weighted by atomic mass is 16.5. The van der Waals surface area contributed by atoms with Crippen molar-refractivity contribution in [1.29, 1.82) is 0 Å². The Morgan fingerprint density at radius 1 is 1.40 bits per heavy atom. The van der Waals surface area contributed by atoms with Gasteiger partial charge in [0.15, 0.2) is 0 Å². The number of hydrogen-bond donors (Lipinski definition) is 4. The molecule has 0 aliphatic carbocycles. The Bertz CT molecular complexity index is 595. The number of H-pyrrole nitrogens is 1. The lowest BCUT2D eigenvalue weighted by Crippen LogP contribution is -2.30. The predicted molar refractivity (Wildman–Crippen MR) is 77.0 cm³/mol. The number of pyridine rings is 1. The van der Waals surface area contributed by atoms with E-state index in [4.69, 9.17) is 16.3 Å². The lowest BCUT2D eigenvalue weighted by Gasteiger charge is -2.18. The summed E-state index contributed by atoms with van der Waals surface area (Å²) in [6.07, 6.45) is 4.07. The highest BCUT2D eigenvalue weighted by molar-refractivity contribution is 5.43. The lowest BCUT2D eigenvalue weighted by molar-refractivity contribution is 0.406. The van der Waals surface area contributed by atoms with Gasteiger partial charge in [-0.25, -0.2) is 0 Å². The molecule has 6 N–H and O–H groups in total. The van der Waals surface area contributed by atoms with Gasteiger partial charge >= 0.3 is 0 Å². The molecule has 20 heavy (non-hydrogen) atoms. The summed E-state index contributed by atoms with van der Waals surface area (Å²) in [5, 5.41) is 6.61. The van der Waals surface area contributed by atoms with Gasteiger partial charge in [0.25, 0.3) is 0 Å². The largest absolute Gasteiger partial charge is 0.496 e. The van der Waals surface area contributed by atoms with Gasteiger partial charge in [0.05, 0.1) is 19.3 Å². The number of nitrogen functional groups attached to an aromatic ring is 1. The van der Waals surface area contributed by atoms with Crippen LogP contribution in [0.5, 0.6) is 5.75 Å². The van der Waals surface area contributed by atoms with Crippen molar-refractivity contribution >= 4 is 5.82 Å². The van der Waals surface area contributed by atoms with E-state index in [2.05, 4.69) is 20.6 Å². The van der Waals surface area contributed by atoms with E-state index in [1.165, 1.54) is 0 Å². The van der Waals surface area contributed by atoms with E-state index in [1.54, 1.807) is 19.5 Å². The van der Waals surface area contributed by atoms with Gasteiger partial charge in [0.1, 0.15) is 11.6 Å². The zero-order chi connectivity index (χ0) is 14.7. The molecule has 0 fully saturated rings. The van der Waals surface area contributed by atoms with E-state index < -0.39 is 0 Å². The molecule has 1 atom stereocenters. The first-order chi connectivity index (χ1) is 9.58. The summed E-state index contributed by atoms with van der Waals surface area (Å²) in [4.78, 5) is 4.47. The molecule has 2 heterocycles. The van der Waals surface area contributed by atoms with Crippen molar-refractivity contribution in [3.63, 3.8) is 0 Å². The minimum atomic E-state index is -0.160. The number of rotatable bonds is 5. The number of aromatic nitrogens is 3. The molecular weight excluding hydrogens is 256 g/mol. The van der Waals surface area contributed by atoms with Crippen molar-refractivity contribution in [2.24, 2.45) is 5.84 Å². The van der Waals surface area contributed by atoms with Gasteiger partial charge in [-0.1, -0.05) is 0 Å². The van der Waals surface area contributed by atoms with Crippen molar-refractivity contribution in [2.75, 3.05) is 12.8 Å². The number of ether oxygens (including phenoxy) is 1. The van der Waals surface area contributed by atoms with Crippen LogP contribution >= 0.6 is 0 Å². The van der Waals surface area contributed by atoms with Crippen LogP contribution in [-0.4, -0.2) is 22.3 Å². The molecule has 0 spiro atoms. The van der Waals surface area contributed by atoms with Crippen molar-refractivity contribution in [2.45, 2.75) is 26.3 Å². The molecule has 0 amide bonds. The number of nitrogens with zero attached hydrogens (tertiary/aromatic N) is 2. The quantitative estimate of drug-likeness (QED) is 0.473. The monoisotopic (exact) mass is 276 g/mol. The van der Waals surface area contributed by atoms with Crippen molar-refractivity contribution in [1.82, 2.24) is 20.6 Å². The lowest BCUT2D eigenvalue weighted by atomic mass is 10.0. The number of nitrogens with two attached hydrogens (primary N) is 2. The standard InChI is InChI=1S/C13H20N6O/c1-7-5-16-10(8(2)12(7)20-3)4-11(18-15)9-6-17-19-13(9)14/h5-6,11,18H,4,15H2,1-3H3,(H3,14,17,19). The molecule has 108 valence electrons. The third-order valence-corrected chi connectivity index (χ3v) is 3.42. The van der Waals surface area contributed by atoms with Gasteiger partial charge in [-0.3, -0.25) is 21.4 Å². The maximum atomic E-state index is 5.83. The normalized spacial score (nSPS) is 12.4. The van der Waals surface area contributed by atoms with Crippen LogP contribution in [0.4, 0.5) is 5.82 Å². The Morgan fingerprint density at radius 2 is 2.15 bits per heavy atom. The van der Waals surface area contributed by atoms with Crippen LogP contribution in [0.1, 0.15) is 28.4 Å². The van der Waals surface area contributed by atoms with Crippen molar-refractivity contribution in [3.05, 3.63) is 34.8 Å². The highest BCUT2D eigenvalue weighted by Gasteiger charge is 2.18. The fourth-order valence-corrected chi connectivity index (χ4v) is 2.31. The molecule has 0 aromatic carbocycles. The Hall–Kier alpha value is -2.12. The van der Waals surface area contributed by atoms with E-state index in [9.17, 15) is 0 Å². The molecule has 0 saturated heterocycles. The average molecular weight is 276 g/mol. The van der Waals surface area contributed by atoms with Gasteiger partial charge < -0.3 is 10.5 Å². The van der Waals surface area contributed by atoms with Gasteiger partial charge in [0, 0.05) is 35.0 Å². The van der Waals surface area contributed by atoms with E-state index in [1.807, 2.05) is 13.8 Å². The molecule has 2 aromatic rings. The second kappa shape index (κ2) is 5.89. The molecular formula is C13H20N6O. The maximum absolute atomic E-state index is 5.83. The fraction of sp³-hybridized carbons (Fsp3) is 0.385. The smallest absolute Gasteiger partial charge is 0.128 e. The number of aryl methyl sites for hydroxylation is 1. The van der Waals surface area contributed by atoms with Gasteiger partial charge in [0.2, 0.25) is 0 Å². The number of hydrogen-bond acceptors (Lipinski definition) is 6. The van der Waals surface area contributed by atoms with Gasteiger partial charge in [-0.2, -0.15) is 5.10 Å². The highest BCUT2D eigenvalue weighted by Crippen LogP contribution is 2.28. The summed E-state index contributed by atoms with van der Waals surface area (Å²) in [5.41, 5.74) is 12.3. The number of hydrazine groups is 1. The van der Waals surface area contributed by atoms with Crippen LogP contribution in [-0.2, 0) is 6.42 Å². The summed E-state index contributed by atoms with van der Waals surface area (Å²) in [6, 6.07) is -0.160. The predicted octanol–water partition coefficient (Wildman–Crippen LogP) is 0.759. The molecule has 0 saturated carbocycles. The molecule has 7 nitrogen and oxygen atoms in total. The summed E-state index contributed by atoms with van der Waals surface area (Å²) >= 11 is 0. The van der Waals surface area contributed by atoms with Crippen LogP contribution in [0, 0.1) is 13.8 Å². The third-order valence-electron chi connectivity index (χ3n) is 3.42. The van der Waals surface area contributed by atoms with Crippen LogP contribution < -0.4 is 21.7 Å². The Morgan fingerprint density at radius 3 is 2.70 bits per heavy atom. The van der Waals surface area contributed by atoms with Crippen LogP contribution in [0.2, 0.25) is 0 Å². The van der Waals surface area contributed by atoms with Crippen LogP contribution in [0.3, 0.4) is 0 Å². The maximum Gasteiger partial charge on any atom is 0.128 e. The van der Waals surface area contributed by atoms with Gasteiger partial charge in [-0.05, 0) is 13.8 Å². The molecule has 2 aromatic heterocycles. The molecule has 0 bridgehead atoms. The van der Waals surface area contributed by atoms with Crippen LogP contribution in [0.15, 0.2) is 12.4 Å². The van der Waals surface area contributed by atoms with Crippen molar-refractivity contribution < 1.29 is 4.74 Å². The number of nitrogens with one attached hydrogen (secondary N) is 2. The minimum Gasteiger partial charge on any atom is -0.496 e. The Kier molecular flexibility index (Phi) is 4.21. The molecule has 0 radical (unpaired) electrons. The summed E-state index contributed by atoms with van der Waals surface area (Å²) in [5.74, 6) is 6.98. The second-order valence-corrected chi connectivity index (χ2v) is 4.71. The molecule has 0 aliphatic rings. The van der Waals surface area contributed by atoms with E-state index in [-0.39, 0.29) is 6.04 Å². The fourth-order valence-electron chi connectivity index (χ4n) is 2.31. The first-order valence-electron chi connectivity index (χ1n) is 6.32. The average Bonchev–Trinajstić information content (AvgIpc) is 2.85. The summed E-state index contributed by atoms with van der Waals surface area (Å²) in [6.45, 7) is 3.95. The van der Waals surface area contributed by atoms with E-state index >= 15 is 0 Å². The first kappa shape index (κ1) is 14.3. The Balaban J connectivity index is 2.31. The molecule has 2 rings (SSSR count). The molecule has 7 heteroatoms. The van der Waals surface area contributed by atoms with Gasteiger partial charge in [-0.15, -0.1) is 0 Å². The third kappa shape index (κ3) is 2.59. The summed E-state index contributed by atoms with van der Waals surface area (Å²) in [7, 11) is 1.66. The van der Waals surface area contributed by atoms with E-state index in [0.717, 1.165) is 28.1 Å². The molecule has 1 unspecified atom stereocenters. The van der Waals surface area contributed by atoms with E-state index in [0.29, 0.717) is 12.2 Å². The zero-order valence-corrected chi connectivity index (χ0v) is 11.9. The SMILES string of the molecule is COc1c(C)cnc(CC(NN)c2cn[nH]c2N)c1C.